The molecule has 28 heavy (non-hydrogen) atoms. The number of nitrogens with zero attached hydrogens (tertiary/aromatic N) is 1. The number of unbranched alkanes of at least 4 members (excludes halogenated alkanes) is 15. The SMILES string of the molecule is CCCCCCCC[PH](CCCCCCCC)(CCCCCCCC)N(C)Cl. The first kappa shape index (κ1) is 28.7. The summed E-state index contributed by atoms with van der Waals surface area (Å²) in [6.07, 6.45) is 29.7. The Labute approximate surface area is 185 Å². The van der Waals surface area contributed by atoms with Crippen LogP contribution in [0.3, 0.4) is 0 Å². The van der Waals surface area contributed by atoms with Crippen molar-refractivity contribution in [2.24, 2.45) is 0 Å². The van der Waals surface area contributed by atoms with Crippen LogP contribution in [-0.2, 0) is 0 Å². The third-order valence-corrected chi connectivity index (χ3v) is 12.9. The molecule has 172 valence electrons. The second-order valence-electron chi connectivity index (χ2n) is 9.25. The summed E-state index contributed by atoms with van der Waals surface area (Å²) in [4.78, 5) is 0. The zero-order chi connectivity index (χ0) is 20.9. The fraction of sp³-hybridized carbons (Fsp3) is 1.00. The quantitative estimate of drug-likeness (QED) is 0.0928. The molecule has 0 aliphatic carbocycles. The molecule has 0 saturated heterocycles. The van der Waals surface area contributed by atoms with Gasteiger partial charge in [-0.15, -0.1) is 0 Å². The molecule has 0 rings (SSSR count). The van der Waals surface area contributed by atoms with E-state index in [0.29, 0.717) is 0 Å². The second kappa shape index (κ2) is 20.9. The van der Waals surface area contributed by atoms with Gasteiger partial charge in [0.2, 0.25) is 0 Å². The molecule has 0 aliphatic heterocycles. The van der Waals surface area contributed by atoms with Crippen molar-refractivity contribution >= 4 is 19.2 Å². The molecule has 0 fully saturated rings. The molecule has 0 spiro atoms. The first-order chi connectivity index (χ1) is 13.6. The van der Waals surface area contributed by atoms with Crippen LogP contribution in [0.5, 0.6) is 0 Å². The predicted octanol–water partition coefficient (Wildman–Crippen LogP) is 9.82. The normalized spacial score (nSPS) is 12.8. The number of hydrogen-bond donors (Lipinski definition) is 0. The molecule has 0 N–H and O–H groups in total. The van der Waals surface area contributed by atoms with Crippen molar-refractivity contribution in [3.63, 3.8) is 0 Å². The Balaban J connectivity index is 4.45. The van der Waals surface area contributed by atoms with Crippen LogP contribution < -0.4 is 0 Å². The van der Waals surface area contributed by atoms with Crippen LogP contribution in [0.4, 0.5) is 0 Å². The zero-order valence-electron chi connectivity index (χ0n) is 20.2. The van der Waals surface area contributed by atoms with Crippen LogP contribution in [0.2, 0.25) is 0 Å². The van der Waals surface area contributed by atoms with Gasteiger partial charge in [0.1, 0.15) is 0 Å². The van der Waals surface area contributed by atoms with E-state index in [-0.39, 0.29) is 0 Å². The molecule has 0 atom stereocenters. The van der Waals surface area contributed by atoms with Gasteiger partial charge in [-0.3, -0.25) is 0 Å². The van der Waals surface area contributed by atoms with Crippen molar-refractivity contribution < 1.29 is 0 Å². The first-order valence-corrected chi connectivity index (χ1v) is 15.9. The topological polar surface area (TPSA) is 3.24 Å². The van der Waals surface area contributed by atoms with Gasteiger partial charge in [0.15, 0.2) is 0 Å². The summed E-state index contributed by atoms with van der Waals surface area (Å²) in [6.45, 7) is 6.92. The zero-order valence-corrected chi connectivity index (χ0v) is 21.9. The standard InChI is InChI=1S/C25H55ClNP/c1-5-8-11-14-17-20-23-28(27(4)26,24-21-18-15-12-9-6-2)25-22-19-16-13-10-7-3/h28H,5-25H2,1-4H3. The van der Waals surface area contributed by atoms with Gasteiger partial charge in [-0.2, -0.15) is 0 Å². The molecule has 0 unspecified atom stereocenters. The van der Waals surface area contributed by atoms with Gasteiger partial charge >= 0.3 is 185 Å². The summed E-state index contributed by atoms with van der Waals surface area (Å²) < 4.78 is 2.23. The summed E-state index contributed by atoms with van der Waals surface area (Å²) in [6, 6.07) is 0. The molecule has 0 aromatic heterocycles. The van der Waals surface area contributed by atoms with E-state index in [1.165, 1.54) is 134 Å². The van der Waals surface area contributed by atoms with E-state index >= 15 is 0 Å². The van der Waals surface area contributed by atoms with Crippen molar-refractivity contribution in [1.29, 1.82) is 0 Å². The summed E-state index contributed by atoms with van der Waals surface area (Å²) in [7, 11) is 0.714. The Bertz CT molecular complexity index is 268. The van der Waals surface area contributed by atoms with Crippen molar-refractivity contribution in [1.82, 2.24) is 4.19 Å². The average molecular weight is 436 g/mol. The molecular formula is C25H55ClNP. The van der Waals surface area contributed by atoms with Crippen LogP contribution in [0.1, 0.15) is 136 Å². The molecule has 0 heterocycles. The molecular weight excluding hydrogens is 381 g/mol. The average Bonchev–Trinajstić information content (AvgIpc) is 2.69. The van der Waals surface area contributed by atoms with E-state index in [1.807, 2.05) is 0 Å². The van der Waals surface area contributed by atoms with Crippen LogP contribution in [-0.4, -0.2) is 29.7 Å². The van der Waals surface area contributed by atoms with Crippen LogP contribution in [0.25, 0.3) is 0 Å². The van der Waals surface area contributed by atoms with Gasteiger partial charge in [0.05, 0.1) is 0 Å². The molecule has 0 aromatic rings. The Morgan fingerprint density at radius 1 is 0.464 bits per heavy atom. The first-order valence-electron chi connectivity index (χ1n) is 13.0. The van der Waals surface area contributed by atoms with Crippen LogP contribution >= 0.6 is 19.2 Å². The summed E-state index contributed by atoms with van der Waals surface area (Å²) in [5.41, 5.74) is 0. The second-order valence-corrected chi connectivity index (χ2v) is 14.7. The fourth-order valence-electron chi connectivity index (χ4n) is 4.54. The minimum absolute atomic E-state index is 1.35. The van der Waals surface area contributed by atoms with E-state index in [2.05, 4.69) is 32.0 Å². The minimum atomic E-state index is -1.48. The Hall–Kier alpha value is 0.680. The summed E-state index contributed by atoms with van der Waals surface area (Å²) in [5.74, 6) is 0. The molecule has 0 amide bonds. The summed E-state index contributed by atoms with van der Waals surface area (Å²) in [5, 5.41) is 0. The van der Waals surface area contributed by atoms with Gasteiger partial charge in [0, 0.05) is 0 Å². The molecule has 0 saturated carbocycles. The van der Waals surface area contributed by atoms with Crippen molar-refractivity contribution in [3.05, 3.63) is 0 Å². The van der Waals surface area contributed by atoms with Gasteiger partial charge in [-0.05, 0) is 0 Å². The Morgan fingerprint density at radius 2 is 0.714 bits per heavy atom. The van der Waals surface area contributed by atoms with E-state index < -0.39 is 7.41 Å². The monoisotopic (exact) mass is 435 g/mol. The molecule has 0 aromatic carbocycles. The van der Waals surface area contributed by atoms with Gasteiger partial charge < -0.3 is 0 Å². The molecule has 0 bridgehead atoms. The van der Waals surface area contributed by atoms with Crippen LogP contribution in [0, 0.1) is 0 Å². The maximum atomic E-state index is 6.78. The summed E-state index contributed by atoms with van der Waals surface area (Å²) >= 11 is 6.78. The third kappa shape index (κ3) is 15.5. The van der Waals surface area contributed by atoms with Crippen molar-refractivity contribution in [3.8, 4) is 0 Å². The fourth-order valence-corrected chi connectivity index (χ4v) is 9.70. The number of hydrogen-bond acceptors (Lipinski definition) is 1. The van der Waals surface area contributed by atoms with E-state index in [0.717, 1.165) is 0 Å². The number of rotatable bonds is 22. The Kier molecular flexibility index (Phi) is 21.4. The molecule has 0 aliphatic rings. The Morgan fingerprint density at radius 3 is 0.964 bits per heavy atom. The van der Waals surface area contributed by atoms with E-state index in [9.17, 15) is 0 Å². The molecule has 1 nitrogen and oxygen atoms in total. The van der Waals surface area contributed by atoms with E-state index in [4.69, 9.17) is 11.8 Å². The van der Waals surface area contributed by atoms with Crippen molar-refractivity contribution in [2.75, 3.05) is 25.5 Å². The third-order valence-electron chi connectivity index (χ3n) is 6.64. The van der Waals surface area contributed by atoms with Gasteiger partial charge in [0.25, 0.3) is 0 Å². The van der Waals surface area contributed by atoms with Gasteiger partial charge in [-0.1, -0.05) is 0 Å². The van der Waals surface area contributed by atoms with Crippen molar-refractivity contribution in [2.45, 2.75) is 136 Å². The molecule has 3 heteroatoms. The number of halogens is 1. The molecule has 0 radical (unpaired) electrons. The van der Waals surface area contributed by atoms with Gasteiger partial charge in [-0.25, -0.2) is 0 Å². The maximum absolute atomic E-state index is 6.78. The predicted molar refractivity (Wildman–Crippen MR) is 137 cm³/mol. The van der Waals surface area contributed by atoms with E-state index in [1.54, 1.807) is 0 Å². The van der Waals surface area contributed by atoms with Crippen LogP contribution in [0.15, 0.2) is 0 Å².